The van der Waals surface area contributed by atoms with E-state index < -0.39 is 18.1 Å². The maximum atomic E-state index is 12.8. The Morgan fingerprint density at radius 2 is 0.862 bits per heavy atom. The number of rotatable bonds is 50. The summed E-state index contributed by atoms with van der Waals surface area (Å²) in [5.74, 6) is -1.45. The number of allylic oxidation sites excluding steroid dienone is 6. The number of hydrogen-bond acceptors (Lipinski definition) is 6. The highest BCUT2D eigenvalue weighted by Crippen LogP contribution is 2.17. The van der Waals surface area contributed by atoms with Crippen molar-refractivity contribution in [2.45, 2.75) is 270 Å². The molecule has 0 aromatic carbocycles. The molecular formula is C57H106NO7+. The van der Waals surface area contributed by atoms with E-state index in [9.17, 15) is 19.5 Å². The van der Waals surface area contributed by atoms with Crippen LogP contribution >= 0.6 is 0 Å². The lowest BCUT2D eigenvalue weighted by Gasteiger charge is -2.31. The monoisotopic (exact) mass is 917 g/mol. The number of ether oxygens (including phenoxy) is 3. The number of unbranched alkanes of at least 4 members (excludes halogenated alkanes) is 30. The predicted octanol–water partition coefficient (Wildman–Crippen LogP) is 16.1. The summed E-state index contributed by atoms with van der Waals surface area (Å²) in [5.41, 5.74) is 0. The Morgan fingerprint density at radius 3 is 1.28 bits per heavy atom. The van der Waals surface area contributed by atoms with Crippen LogP contribution in [0.3, 0.4) is 0 Å². The van der Waals surface area contributed by atoms with Crippen molar-refractivity contribution in [3.8, 4) is 0 Å². The molecule has 2 unspecified atom stereocenters. The molecule has 0 fully saturated rings. The van der Waals surface area contributed by atoms with E-state index in [-0.39, 0.29) is 36.2 Å². The second kappa shape index (κ2) is 48.0. The van der Waals surface area contributed by atoms with Gasteiger partial charge in [-0.15, -0.1) is 0 Å². The molecule has 1 N–H and O–H groups in total. The minimum atomic E-state index is -0.872. The number of carboxylic acid groups (broad SMARTS) is 1. The Labute approximate surface area is 402 Å². The van der Waals surface area contributed by atoms with Crippen molar-refractivity contribution in [1.29, 1.82) is 0 Å². The van der Waals surface area contributed by atoms with Gasteiger partial charge in [-0.25, -0.2) is 4.79 Å². The van der Waals surface area contributed by atoms with Crippen LogP contribution in [0.15, 0.2) is 36.5 Å². The smallest absolute Gasteiger partial charge is 0.362 e. The summed E-state index contributed by atoms with van der Waals surface area (Å²) in [6, 6.07) is -0.614. The number of esters is 2. The second-order valence-electron chi connectivity index (χ2n) is 19.8. The minimum absolute atomic E-state index is 0.0484. The summed E-state index contributed by atoms with van der Waals surface area (Å²) in [5, 5.41) is 9.67. The number of quaternary nitrogens is 1. The summed E-state index contributed by atoms with van der Waals surface area (Å²) in [7, 11) is 5.55. The van der Waals surface area contributed by atoms with Gasteiger partial charge >= 0.3 is 17.9 Å². The Kier molecular flexibility index (Phi) is 46.2. The number of carbonyl (C=O) groups is 3. The largest absolute Gasteiger partial charge is 0.477 e. The van der Waals surface area contributed by atoms with Crippen LogP contribution in [0.4, 0.5) is 0 Å². The number of carbonyl (C=O) groups excluding carboxylic acids is 2. The van der Waals surface area contributed by atoms with Crippen LogP contribution in [0.2, 0.25) is 0 Å². The van der Waals surface area contributed by atoms with Gasteiger partial charge in [0.15, 0.2) is 12.1 Å². The lowest BCUT2D eigenvalue weighted by Crippen LogP contribution is -2.50. The predicted molar refractivity (Wildman–Crippen MR) is 275 cm³/mol. The molecule has 0 bridgehead atoms. The molecular weight excluding hydrogens is 811 g/mol. The zero-order valence-electron chi connectivity index (χ0n) is 43.5. The van der Waals surface area contributed by atoms with Gasteiger partial charge < -0.3 is 23.8 Å². The van der Waals surface area contributed by atoms with E-state index in [2.05, 4.69) is 50.3 Å². The molecule has 380 valence electrons. The third-order valence-electron chi connectivity index (χ3n) is 12.6. The van der Waals surface area contributed by atoms with Crippen molar-refractivity contribution in [3.05, 3.63) is 36.5 Å². The van der Waals surface area contributed by atoms with Gasteiger partial charge in [-0.2, -0.15) is 0 Å². The first-order chi connectivity index (χ1) is 31.6. The molecule has 0 aromatic heterocycles. The van der Waals surface area contributed by atoms with Crippen molar-refractivity contribution in [2.75, 3.05) is 41.0 Å². The molecule has 0 radical (unpaired) electrons. The average Bonchev–Trinajstić information content (AvgIpc) is 3.27. The van der Waals surface area contributed by atoms with E-state index in [1.54, 1.807) is 0 Å². The third kappa shape index (κ3) is 46.4. The number of carboxylic acids is 1. The molecule has 0 amide bonds. The molecule has 65 heavy (non-hydrogen) atoms. The number of hydrogen-bond donors (Lipinski definition) is 1. The van der Waals surface area contributed by atoms with Crippen LogP contribution < -0.4 is 0 Å². The van der Waals surface area contributed by atoms with E-state index >= 15 is 0 Å². The minimum Gasteiger partial charge on any atom is -0.477 e. The number of likely N-dealkylation sites (N-methyl/N-ethyl adjacent to an activating group) is 1. The Morgan fingerprint density at radius 1 is 0.477 bits per heavy atom. The first kappa shape index (κ1) is 62.5. The van der Waals surface area contributed by atoms with E-state index in [1.165, 1.54) is 167 Å². The van der Waals surface area contributed by atoms with E-state index in [1.807, 2.05) is 21.1 Å². The third-order valence-corrected chi connectivity index (χ3v) is 12.6. The lowest BCUT2D eigenvalue weighted by molar-refractivity contribution is -0.887. The molecule has 2 atom stereocenters. The SMILES string of the molecule is CC/C=C/C/C=C/C/C=C/CCCCCCCCCCCCC(=O)OC(COCCC(C(=O)O)[N+](C)(C)C)COC(=O)CCCCCCCCCCCCCCCCCCCCCCC. The number of aliphatic carboxylic acids is 1. The fraction of sp³-hybridized carbons (Fsp3) is 0.842. The van der Waals surface area contributed by atoms with Crippen molar-refractivity contribution >= 4 is 17.9 Å². The van der Waals surface area contributed by atoms with Gasteiger partial charge in [0.25, 0.3) is 0 Å². The van der Waals surface area contributed by atoms with Crippen LogP contribution in [0.5, 0.6) is 0 Å². The van der Waals surface area contributed by atoms with Crippen LogP contribution in [0.25, 0.3) is 0 Å². The summed E-state index contributed by atoms with van der Waals surface area (Å²) in [6.07, 6.45) is 57.7. The molecule has 0 spiro atoms. The molecule has 0 heterocycles. The first-order valence-corrected chi connectivity index (χ1v) is 27.5. The van der Waals surface area contributed by atoms with Gasteiger partial charge in [0.1, 0.15) is 6.61 Å². The van der Waals surface area contributed by atoms with Gasteiger partial charge in [-0.1, -0.05) is 230 Å². The van der Waals surface area contributed by atoms with Gasteiger partial charge in [-0.05, 0) is 44.9 Å². The highest BCUT2D eigenvalue weighted by molar-refractivity contribution is 5.72. The van der Waals surface area contributed by atoms with Crippen LogP contribution in [0, 0.1) is 0 Å². The van der Waals surface area contributed by atoms with E-state index in [4.69, 9.17) is 14.2 Å². The summed E-state index contributed by atoms with van der Waals surface area (Å²) in [4.78, 5) is 37.2. The van der Waals surface area contributed by atoms with Gasteiger partial charge in [-0.3, -0.25) is 9.59 Å². The van der Waals surface area contributed by atoms with Gasteiger partial charge in [0.2, 0.25) is 0 Å². The molecule has 0 saturated carbocycles. The van der Waals surface area contributed by atoms with Crippen molar-refractivity contribution in [3.63, 3.8) is 0 Å². The summed E-state index contributed by atoms with van der Waals surface area (Å²) >= 11 is 0. The lowest BCUT2D eigenvalue weighted by atomic mass is 10.0. The topological polar surface area (TPSA) is 99.1 Å². The van der Waals surface area contributed by atoms with Crippen molar-refractivity contribution < 1.29 is 38.2 Å². The quantitative estimate of drug-likeness (QED) is 0.0281. The Balaban J connectivity index is 4.17. The molecule has 0 aliphatic carbocycles. The molecule has 8 nitrogen and oxygen atoms in total. The highest BCUT2D eigenvalue weighted by atomic mass is 16.6. The Hall–Kier alpha value is -2.45. The van der Waals surface area contributed by atoms with Gasteiger partial charge in [0, 0.05) is 19.3 Å². The van der Waals surface area contributed by atoms with Crippen LogP contribution in [-0.4, -0.2) is 80.6 Å². The zero-order chi connectivity index (χ0) is 47.7. The molecule has 0 rings (SSSR count). The van der Waals surface area contributed by atoms with Gasteiger partial charge in [0.05, 0.1) is 34.4 Å². The fourth-order valence-electron chi connectivity index (χ4n) is 8.34. The maximum Gasteiger partial charge on any atom is 0.362 e. The standard InChI is InChI=1S/C57H105NO7/c1-6-8-10-12-14-16-18-20-22-24-26-28-30-31-33-35-37-39-41-43-45-47-55(59)64-52-53(51-63-50-49-54(57(61)62)58(3,4)5)65-56(60)48-46-44-42-40-38-36-34-32-29-27-25-23-21-19-17-15-13-11-9-7-2/h9,11,15,17,21,23,53-54H,6-8,10,12-14,16,18-20,22,24-52H2,1-5H3/p+1/b11-9+,17-15+,23-21+. The van der Waals surface area contributed by atoms with Crippen LogP contribution in [-0.2, 0) is 28.6 Å². The molecule has 8 heteroatoms. The first-order valence-electron chi connectivity index (χ1n) is 27.5. The Bertz CT molecular complexity index is 1160. The molecule has 0 aliphatic rings. The zero-order valence-corrected chi connectivity index (χ0v) is 43.5. The van der Waals surface area contributed by atoms with Crippen LogP contribution in [0.1, 0.15) is 258 Å². The van der Waals surface area contributed by atoms with E-state index in [0.29, 0.717) is 19.3 Å². The fourth-order valence-corrected chi connectivity index (χ4v) is 8.34. The van der Waals surface area contributed by atoms with Crippen molar-refractivity contribution in [2.24, 2.45) is 0 Å². The molecule has 0 aliphatic heterocycles. The maximum absolute atomic E-state index is 12.8. The normalized spacial score (nSPS) is 13.1. The van der Waals surface area contributed by atoms with E-state index in [0.717, 1.165) is 57.8 Å². The second-order valence-corrected chi connectivity index (χ2v) is 19.8. The molecule has 0 saturated heterocycles. The summed E-state index contributed by atoms with van der Waals surface area (Å²) < 4.78 is 17.4. The molecule has 0 aromatic rings. The summed E-state index contributed by atoms with van der Waals surface area (Å²) in [6.45, 7) is 4.67. The highest BCUT2D eigenvalue weighted by Gasteiger charge is 2.31. The van der Waals surface area contributed by atoms with Crippen molar-refractivity contribution in [1.82, 2.24) is 0 Å². The average molecular weight is 917 g/mol. The number of nitrogens with zero attached hydrogens (tertiary/aromatic N) is 1.